The molecule has 15 heavy (non-hydrogen) atoms. The standard InChI is InChI=1S/C13H14OS/c1-10(14)9-12-7-8-13(15-12)11-5-3-2-4-6-11/h2-8,10,14H,9H2,1H3/t10-/m0/s1. The van der Waals surface area contributed by atoms with Crippen molar-refractivity contribution in [2.75, 3.05) is 0 Å². The molecule has 1 nitrogen and oxygen atoms in total. The van der Waals surface area contributed by atoms with Crippen molar-refractivity contribution in [1.29, 1.82) is 0 Å². The van der Waals surface area contributed by atoms with Crippen LogP contribution >= 0.6 is 11.3 Å². The van der Waals surface area contributed by atoms with Crippen molar-refractivity contribution in [3.8, 4) is 10.4 Å². The Morgan fingerprint density at radius 1 is 1.13 bits per heavy atom. The van der Waals surface area contributed by atoms with E-state index in [4.69, 9.17) is 0 Å². The molecule has 2 aromatic rings. The third-order valence-electron chi connectivity index (χ3n) is 2.22. The molecular weight excluding hydrogens is 204 g/mol. The lowest BCUT2D eigenvalue weighted by Crippen LogP contribution is -2.01. The zero-order valence-corrected chi connectivity index (χ0v) is 9.50. The van der Waals surface area contributed by atoms with E-state index in [1.165, 1.54) is 15.3 Å². The highest BCUT2D eigenvalue weighted by molar-refractivity contribution is 7.15. The molecule has 0 amide bonds. The Labute approximate surface area is 94.0 Å². The Hall–Kier alpha value is -1.12. The molecule has 0 aliphatic heterocycles. The van der Waals surface area contributed by atoms with E-state index in [0.29, 0.717) is 0 Å². The van der Waals surface area contributed by atoms with E-state index in [0.717, 1.165) is 6.42 Å². The van der Waals surface area contributed by atoms with Crippen molar-refractivity contribution in [1.82, 2.24) is 0 Å². The Morgan fingerprint density at radius 3 is 2.53 bits per heavy atom. The quantitative estimate of drug-likeness (QED) is 0.837. The van der Waals surface area contributed by atoms with E-state index < -0.39 is 0 Å². The predicted octanol–water partition coefficient (Wildman–Crippen LogP) is 3.34. The molecule has 2 rings (SSSR count). The number of aliphatic hydroxyl groups excluding tert-OH is 1. The van der Waals surface area contributed by atoms with Gasteiger partial charge in [0.15, 0.2) is 0 Å². The molecule has 0 spiro atoms. The Balaban J connectivity index is 2.21. The number of benzene rings is 1. The molecule has 0 bridgehead atoms. The fourth-order valence-electron chi connectivity index (χ4n) is 1.54. The summed E-state index contributed by atoms with van der Waals surface area (Å²) in [6, 6.07) is 14.5. The monoisotopic (exact) mass is 218 g/mol. The van der Waals surface area contributed by atoms with E-state index in [-0.39, 0.29) is 6.10 Å². The zero-order chi connectivity index (χ0) is 10.7. The first kappa shape index (κ1) is 10.4. The summed E-state index contributed by atoms with van der Waals surface area (Å²) in [4.78, 5) is 2.51. The summed E-state index contributed by atoms with van der Waals surface area (Å²) in [5, 5.41) is 9.29. The third-order valence-corrected chi connectivity index (χ3v) is 3.37. The van der Waals surface area contributed by atoms with Crippen LogP contribution in [0, 0.1) is 0 Å². The summed E-state index contributed by atoms with van der Waals surface area (Å²) in [6.45, 7) is 1.82. The maximum absolute atomic E-state index is 9.29. The zero-order valence-electron chi connectivity index (χ0n) is 8.68. The average Bonchev–Trinajstić information content (AvgIpc) is 2.67. The van der Waals surface area contributed by atoms with E-state index >= 15 is 0 Å². The lowest BCUT2D eigenvalue weighted by atomic mass is 10.2. The summed E-state index contributed by atoms with van der Waals surface area (Å²) in [5.74, 6) is 0. The van der Waals surface area contributed by atoms with Gasteiger partial charge in [0.25, 0.3) is 0 Å². The van der Waals surface area contributed by atoms with Gasteiger partial charge in [0.2, 0.25) is 0 Å². The minimum Gasteiger partial charge on any atom is -0.393 e. The van der Waals surface area contributed by atoms with Crippen molar-refractivity contribution in [3.05, 3.63) is 47.3 Å². The van der Waals surface area contributed by atoms with Gasteiger partial charge in [0.05, 0.1) is 6.10 Å². The predicted molar refractivity (Wildman–Crippen MR) is 65.1 cm³/mol. The van der Waals surface area contributed by atoms with Gasteiger partial charge in [0.1, 0.15) is 0 Å². The second-order valence-corrected chi connectivity index (χ2v) is 4.85. The van der Waals surface area contributed by atoms with Crippen LogP contribution in [0.1, 0.15) is 11.8 Å². The summed E-state index contributed by atoms with van der Waals surface area (Å²) >= 11 is 1.75. The molecule has 0 aliphatic carbocycles. The van der Waals surface area contributed by atoms with Crippen LogP contribution in [0.2, 0.25) is 0 Å². The highest BCUT2D eigenvalue weighted by Gasteiger charge is 2.04. The Kier molecular flexibility index (Phi) is 3.19. The molecule has 0 unspecified atom stereocenters. The van der Waals surface area contributed by atoms with E-state index in [9.17, 15) is 5.11 Å². The van der Waals surface area contributed by atoms with Crippen LogP contribution in [0.15, 0.2) is 42.5 Å². The molecule has 2 heteroatoms. The minimum atomic E-state index is -0.257. The van der Waals surface area contributed by atoms with Crippen molar-refractivity contribution in [2.24, 2.45) is 0 Å². The topological polar surface area (TPSA) is 20.2 Å². The summed E-state index contributed by atoms with van der Waals surface area (Å²) in [5.41, 5.74) is 1.25. The van der Waals surface area contributed by atoms with Gasteiger partial charge in [-0.1, -0.05) is 30.3 Å². The normalized spacial score (nSPS) is 12.7. The number of hydrogen-bond acceptors (Lipinski definition) is 2. The van der Waals surface area contributed by atoms with Gasteiger partial charge >= 0.3 is 0 Å². The maximum Gasteiger partial charge on any atom is 0.0560 e. The van der Waals surface area contributed by atoms with Crippen LogP contribution in [0.5, 0.6) is 0 Å². The molecule has 1 N–H and O–H groups in total. The van der Waals surface area contributed by atoms with Crippen molar-refractivity contribution >= 4 is 11.3 Å². The van der Waals surface area contributed by atoms with Gasteiger partial charge in [-0.15, -0.1) is 11.3 Å². The third kappa shape index (κ3) is 2.67. The van der Waals surface area contributed by atoms with Crippen LogP contribution in [0.25, 0.3) is 10.4 Å². The lowest BCUT2D eigenvalue weighted by molar-refractivity contribution is 0.196. The summed E-state index contributed by atoms with van der Waals surface area (Å²) in [7, 11) is 0. The first-order valence-corrected chi connectivity index (χ1v) is 5.89. The smallest absolute Gasteiger partial charge is 0.0560 e. The lowest BCUT2D eigenvalue weighted by Gasteiger charge is -1.99. The van der Waals surface area contributed by atoms with Crippen LogP contribution in [0.4, 0.5) is 0 Å². The number of rotatable bonds is 3. The number of hydrogen-bond donors (Lipinski definition) is 1. The van der Waals surface area contributed by atoms with Crippen LogP contribution in [0.3, 0.4) is 0 Å². The molecule has 0 radical (unpaired) electrons. The van der Waals surface area contributed by atoms with Crippen LogP contribution in [-0.4, -0.2) is 11.2 Å². The molecule has 0 saturated heterocycles. The molecule has 0 aliphatic rings. The molecule has 0 fully saturated rings. The highest BCUT2D eigenvalue weighted by Crippen LogP contribution is 2.28. The van der Waals surface area contributed by atoms with Gasteiger partial charge in [-0.3, -0.25) is 0 Å². The molecule has 1 aromatic heterocycles. The van der Waals surface area contributed by atoms with Crippen molar-refractivity contribution < 1.29 is 5.11 Å². The minimum absolute atomic E-state index is 0.257. The Morgan fingerprint density at radius 2 is 1.87 bits per heavy atom. The van der Waals surface area contributed by atoms with Gasteiger partial charge in [-0.25, -0.2) is 0 Å². The average molecular weight is 218 g/mol. The largest absolute Gasteiger partial charge is 0.393 e. The molecule has 1 atom stereocenters. The molecule has 1 aromatic carbocycles. The fourth-order valence-corrected chi connectivity index (χ4v) is 2.67. The summed E-state index contributed by atoms with van der Waals surface area (Å²) in [6.07, 6.45) is 0.490. The highest BCUT2D eigenvalue weighted by atomic mass is 32.1. The fraction of sp³-hybridized carbons (Fsp3) is 0.231. The van der Waals surface area contributed by atoms with E-state index in [1.807, 2.05) is 25.1 Å². The van der Waals surface area contributed by atoms with Gasteiger partial charge in [0, 0.05) is 16.2 Å². The van der Waals surface area contributed by atoms with E-state index in [2.05, 4.69) is 24.3 Å². The molecule has 1 heterocycles. The molecule has 78 valence electrons. The number of thiophene rings is 1. The second-order valence-electron chi connectivity index (χ2n) is 3.69. The first-order chi connectivity index (χ1) is 7.25. The van der Waals surface area contributed by atoms with Gasteiger partial charge < -0.3 is 5.11 Å². The Bertz CT molecular complexity index is 417. The maximum atomic E-state index is 9.29. The first-order valence-electron chi connectivity index (χ1n) is 5.08. The SMILES string of the molecule is C[C@H](O)Cc1ccc(-c2ccccc2)s1. The van der Waals surface area contributed by atoms with Crippen molar-refractivity contribution in [3.63, 3.8) is 0 Å². The van der Waals surface area contributed by atoms with E-state index in [1.54, 1.807) is 11.3 Å². The molecular formula is C13H14OS. The van der Waals surface area contributed by atoms with Crippen molar-refractivity contribution in [2.45, 2.75) is 19.4 Å². The number of aliphatic hydroxyl groups is 1. The van der Waals surface area contributed by atoms with Gasteiger partial charge in [-0.05, 0) is 24.6 Å². The van der Waals surface area contributed by atoms with Gasteiger partial charge in [-0.2, -0.15) is 0 Å². The molecule has 0 saturated carbocycles. The summed E-state index contributed by atoms with van der Waals surface area (Å²) < 4.78 is 0. The van der Waals surface area contributed by atoms with Crippen LogP contribution in [-0.2, 0) is 6.42 Å². The second kappa shape index (κ2) is 4.60. The van der Waals surface area contributed by atoms with Crippen LogP contribution < -0.4 is 0 Å².